The number of hydrogen-bond acceptors (Lipinski definition) is 5. The number of aromatic carboxylic acids is 1. The van der Waals surface area contributed by atoms with E-state index >= 15 is 0 Å². The summed E-state index contributed by atoms with van der Waals surface area (Å²) < 4.78 is 27.9. The van der Waals surface area contributed by atoms with E-state index < -0.39 is 34.9 Å². The van der Waals surface area contributed by atoms with Crippen molar-refractivity contribution < 1.29 is 18.7 Å². The average molecular weight is 334 g/mol. The van der Waals surface area contributed by atoms with E-state index in [0.29, 0.717) is 6.07 Å². The molecule has 24 heavy (non-hydrogen) atoms. The Morgan fingerprint density at radius 2 is 2.12 bits per heavy atom. The number of nitrogens with two attached hydrogens (primary N) is 1. The predicted octanol–water partition coefficient (Wildman–Crippen LogP) is 1.37. The second-order valence-electron chi connectivity index (χ2n) is 5.13. The van der Waals surface area contributed by atoms with E-state index in [9.17, 15) is 23.5 Å². The van der Waals surface area contributed by atoms with Gasteiger partial charge in [-0.25, -0.2) is 23.6 Å². The number of aliphatic imine (C=N–C) groups is 1. The fourth-order valence-electron chi connectivity index (χ4n) is 2.58. The van der Waals surface area contributed by atoms with Crippen molar-refractivity contribution in [3.8, 4) is 0 Å². The largest absolute Gasteiger partial charge is 0.477 e. The van der Waals surface area contributed by atoms with Gasteiger partial charge in [0.15, 0.2) is 0 Å². The van der Waals surface area contributed by atoms with Gasteiger partial charge >= 0.3 is 5.97 Å². The van der Waals surface area contributed by atoms with Gasteiger partial charge in [-0.2, -0.15) is 0 Å². The molecule has 2 heterocycles. The zero-order valence-electron chi connectivity index (χ0n) is 12.5. The number of aryl methyl sites for hydroxylation is 1. The highest BCUT2D eigenvalue weighted by molar-refractivity contribution is 6.06. The second-order valence-corrected chi connectivity index (χ2v) is 5.13. The van der Waals surface area contributed by atoms with Crippen LogP contribution in [-0.2, 0) is 6.42 Å². The van der Waals surface area contributed by atoms with Gasteiger partial charge < -0.3 is 10.8 Å². The molecule has 2 aromatic rings. The van der Waals surface area contributed by atoms with E-state index in [2.05, 4.69) is 9.98 Å². The van der Waals surface area contributed by atoms with Crippen LogP contribution in [0, 0.1) is 11.6 Å². The van der Waals surface area contributed by atoms with Gasteiger partial charge in [-0.15, -0.1) is 0 Å². The van der Waals surface area contributed by atoms with Gasteiger partial charge in [-0.1, -0.05) is 6.92 Å². The molecule has 0 bridgehead atoms. The molecule has 0 aliphatic carbocycles. The monoisotopic (exact) mass is 334 g/mol. The first-order chi connectivity index (χ1) is 11.3. The van der Waals surface area contributed by atoms with Crippen LogP contribution in [0.3, 0.4) is 0 Å². The van der Waals surface area contributed by atoms with Gasteiger partial charge in [0.25, 0.3) is 5.56 Å². The molecule has 0 saturated heterocycles. The van der Waals surface area contributed by atoms with E-state index in [1.165, 1.54) is 0 Å². The normalized spacial score (nSPS) is 16.0. The Labute approximate surface area is 134 Å². The Bertz CT molecular complexity index is 952. The van der Waals surface area contributed by atoms with Gasteiger partial charge in [0.05, 0.1) is 11.4 Å². The fraction of sp³-hybridized carbons (Fsp3) is 0.200. The zero-order valence-corrected chi connectivity index (χ0v) is 12.5. The summed E-state index contributed by atoms with van der Waals surface area (Å²) in [6, 6.07) is 2.86. The molecule has 1 aromatic heterocycles. The third-order valence-electron chi connectivity index (χ3n) is 3.71. The molecule has 0 amide bonds. The van der Waals surface area contributed by atoms with E-state index in [4.69, 9.17) is 5.73 Å². The molecule has 3 N–H and O–H groups in total. The minimum absolute atomic E-state index is 0.0262. The smallest absolute Gasteiger partial charge is 0.343 e. The molecule has 3 rings (SSSR count). The second kappa shape index (κ2) is 5.60. The van der Waals surface area contributed by atoms with Crippen LogP contribution in [0.5, 0.6) is 0 Å². The number of benzene rings is 1. The maximum absolute atomic E-state index is 14.0. The highest BCUT2D eigenvalue weighted by Crippen LogP contribution is 2.27. The van der Waals surface area contributed by atoms with Gasteiger partial charge in [-0.3, -0.25) is 9.36 Å². The minimum Gasteiger partial charge on any atom is -0.477 e. The SMILES string of the molecule is CCc1nc2n(c(=O)c1C(=O)O)C(N)C(c1ccc(F)cc1F)=N2. The van der Waals surface area contributed by atoms with Crippen LogP contribution in [0.4, 0.5) is 14.7 Å². The molecular weight excluding hydrogens is 322 g/mol. The van der Waals surface area contributed by atoms with Crippen molar-refractivity contribution in [2.45, 2.75) is 19.5 Å². The summed E-state index contributed by atoms with van der Waals surface area (Å²) in [6.45, 7) is 1.64. The Balaban J connectivity index is 2.21. The Hall–Kier alpha value is -2.94. The summed E-state index contributed by atoms with van der Waals surface area (Å²) in [5.74, 6) is -3.18. The van der Waals surface area contributed by atoms with E-state index in [0.717, 1.165) is 16.7 Å². The van der Waals surface area contributed by atoms with Crippen LogP contribution in [0.25, 0.3) is 0 Å². The van der Waals surface area contributed by atoms with E-state index in [-0.39, 0.29) is 29.3 Å². The van der Waals surface area contributed by atoms with Crippen LogP contribution in [0.2, 0.25) is 0 Å². The summed E-state index contributed by atoms with van der Waals surface area (Å²) in [5.41, 5.74) is 4.53. The first-order valence-electron chi connectivity index (χ1n) is 7.03. The van der Waals surface area contributed by atoms with Gasteiger partial charge in [-0.05, 0) is 18.6 Å². The van der Waals surface area contributed by atoms with Gasteiger partial charge in [0.1, 0.15) is 23.4 Å². The molecule has 7 nitrogen and oxygen atoms in total. The van der Waals surface area contributed by atoms with Crippen molar-refractivity contribution in [2.24, 2.45) is 10.7 Å². The number of carbonyl (C=O) groups is 1. The molecule has 1 aliphatic rings. The molecule has 124 valence electrons. The average Bonchev–Trinajstić information content (AvgIpc) is 2.83. The van der Waals surface area contributed by atoms with Crippen LogP contribution < -0.4 is 11.3 Å². The maximum Gasteiger partial charge on any atom is 0.343 e. The minimum atomic E-state index is -1.42. The number of carboxylic acid groups (broad SMARTS) is 1. The molecular formula is C15H12F2N4O3. The van der Waals surface area contributed by atoms with Gasteiger partial charge in [0, 0.05) is 11.6 Å². The number of carboxylic acids is 1. The number of halogens is 2. The fourth-order valence-corrected chi connectivity index (χ4v) is 2.58. The first kappa shape index (κ1) is 15.9. The lowest BCUT2D eigenvalue weighted by Crippen LogP contribution is -2.36. The van der Waals surface area contributed by atoms with Crippen LogP contribution in [-0.4, -0.2) is 26.3 Å². The topological polar surface area (TPSA) is 111 Å². The van der Waals surface area contributed by atoms with Crippen molar-refractivity contribution in [3.63, 3.8) is 0 Å². The molecule has 1 unspecified atom stereocenters. The first-order valence-corrected chi connectivity index (χ1v) is 7.03. The summed E-state index contributed by atoms with van der Waals surface area (Å²) >= 11 is 0. The number of hydrogen-bond donors (Lipinski definition) is 2. The maximum atomic E-state index is 14.0. The third-order valence-corrected chi connectivity index (χ3v) is 3.71. The number of fused-ring (bicyclic) bond motifs is 1. The predicted molar refractivity (Wildman–Crippen MR) is 80.6 cm³/mol. The highest BCUT2D eigenvalue weighted by Gasteiger charge is 2.32. The summed E-state index contributed by atoms with van der Waals surface area (Å²) in [5, 5.41) is 9.22. The van der Waals surface area contributed by atoms with E-state index in [1.54, 1.807) is 6.92 Å². The van der Waals surface area contributed by atoms with Crippen molar-refractivity contribution >= 4 is 17.6 Å². The number of nitrogens with zero attached hydrogens (tertiary/aromatic N) is 3. The van der Waals surface area contributed by atoms with Crippen LogP contribution >= 0.6 is 0 Å². The van der Waals surface area contributed by atoms with Crippen LogP contribution in [0.1, 0.15) is 34.7 Å². The Kier molecular flexibility index (Phi) is 3.72. The molecule has 0 radical (unpaired) electrons. The standard InChI is InChI=1S/C15H12F2N4O3/c1-2-9-10(14(23)24)13(22)21-12(18)11(20-15(21)19-9)7-4-3-6(16)5-8(7)17/h3-5,12H,2,18H2,1H3,(H,23,24). The van der Waals surface area contributed by atoms with Crippen molar-refractivity contribution in [3.05, 3.63) is 57.0 Å². The van der Waals surface area contributed by atoms with Crippen molar-refractivity contribution in [1.29, 1.82) is 0 Å². The molecule has 9 heteroatoms. The summed E-state index contributed by atoms with van der Waals surface area (Å²) in [7, 11) is 0. The lowest BCUT2D eigenvalue weighted by Gasteiger charge is -2.13. The van der Waals surface area contributed by atoms with Crippen molar-refractivity contribution in [2.75, 3.05) is 0 Å². The van der Waals surface area contributed by atoms with E-state index in [1.807, 2.05) is 0 Å². The molecule has 1 aromatic carbocycles. The molecule has 1 aliphatic heterocycles. The summed E-state index contributed by atoms with van der Waals surface area (Å²) in [6.07, 6.45) is -1.01. The molecule has 0 saturated carbocycles. The summed E-state index contributed by atoms with van der Waals surface area (Å²) in [4.78, 5) is 31.9. The lowest BCUT2D eigenvalue weighted by molar-refractivity contribution is 0.0692. The number of rotatable bonds is 3. The van der Waals surface area contributed by atoms with Crippen LogP contribution in [0.15, 0.2) is 28.0 Å². The molecule has 1 atom stereocenters. The molecule has 0 spiro atoms. The van der Waals surface area contributed by atoms with Gasteiger partial charge in [0.2, 0.25) is 5.95 Å². The van der Waals surface area contributed by atoms with Crippen molar-refractivity contribution in [1.82, 2.24) is 9.55 Å². The quantitative estimate of drug-likeness (QED) is 0.881. The Morgan fingerprint density at radius 3 is 2.71 bits per heavy atom. The Morgan fingerprint density at radius 1 is 1.42 bits per heavy atom. The molecule has 0 fully saturated rings. The highest BCUT2D eigenvalue weighted by atomic mass is 19.1. The zero-order chi connectivity index (χ0) is 17.6. The number of aromatic nitrogens is 2. The lowest BCUT2D eigenvalue weighted by atomic mass is 10.1. The third kappa shape index (κ3) is 2.29.